The Morgan fingerprint density at radius 2 is 1.81 bits per heavy atom. The molecule has 26 heavy (non-hydrogen) atoms. The van der Waals surface area contributed by atoms with Gasteiger partial charge in [0.25, 0.3) is 5.56 Å². The van der Waals surface area contributed by atoms with E-state index in [1.165, 1.54) is 11.2 Å². The summed E-state index contributed by atoms with van der Waals surface area (Å²) in [5.74, 6) is -0.551. The molecule has 1 saturated carbocycles. The molecule has 1 atom stereocenters. The number of aromatic amines is 2. The van der Waals surface area contributed by atoms with Crippen molar-refractivity contribution in [2.75, 3.05) is 13.1 Å². The Morgan fingerprint density at radius 3 is 2.46 bits per heavy atom. The normalized spacial score (nSPS) is 22.4. The van der Waals surface area contributed by atoms with Crippen LogP contribution in [0.2, 0.25) is 0 Å². The first-order chi connectivity index (χ1) is 12.3. The van der Waals surface area contributed by atoms with Gasteiger partial charge in [0.1, 0.15) is 0 Å². The van der Waals surface area contributed by atoms with E-state index in [2.05, 4.69) is 10.3 Å². The summed E-state index contributed by atoms with van der Waals surface area (Å²) in [5.41, 5.74) is -1.70. The second kappa shape index (κ2) is 7.36. The number of sulfonamides is 1. The van der Waals surface area contributed by atoms with E-state index in [4.69, 9.17) is 0 Å². The smallest absolute Gasteiger partial charge is 0.325 e. The highest BCUT2D eigenvalue weighted by atomic mass is 32.2. The van der Waals surface area contributed by atoms with Crippen LogP contribution < -0.4 is 16.6 Å². The van der Waals surface area contributed by atoms with Crippen molar-refractivity contribution in [2.45, 2.75) is 56.4 Å². The molecule has 0 unspecified atom stereocenters. The third-order valence-electron chi connectivity index (χ3n) is 5.13. The highest BCUT2D eigenvalue weighted by Gasteiger charge is 2.36. The lowest BCUT2D eigenvalue weighted by Gasteiger charge is -2.31. The minimum absolute atomic E-state index is 0.00344. The highest BCUT2D eigenvalue weighted by molar-refractivity contribution is 7.89. The number of carbonyl (C=O) groups is 1. The molecule has 1 amide bonds. The van der Waals surface area contributed by atoms with Crippen LogP contribution in [-0.2, 0) is 14.8 Å². The van der Waals surface area contributed by atoms with Gasteiger partial charge in [-0.1, -0.05) is 12.8 Å². The average molecular weight is 384 g/mol. The van der Waals surface area contributed by atoms with Crippen LogP contribution in [0.5, 0.6) is 0 Å². The van der Waals surface area contributed by atoms with E-state index in [-0.39, 0.29) is 30.7 Å². The molecule has 0 spiro atoms. The summed E-state index contributed by atoms with van der Waals surface area (Å²) in [5, 5.41) is 3.01. The summed E-state index contributed by atoms with van der Waals surface area (Å²) < 4.78 is 27.0. The van der Waals surface area contributed by atoms with Gasteiger partial charge in [-0.05, 0) is 32.6 Å². The van der Waals surface area contributed by atoms with E-state index in [0.717, 1.165) is 25.7 Å². The van der Waals surface area contributed by atoms with Crippen LogP contribution in [0.25, 0.3) is 0 Å². The Bertz CT molecular complexity index is 898. The summed E-state index contributed by atoms with van der Waals surface area (Å²) >= 11 is 0. The molecule has 2 aliphatic rings. The number of rotatable bonds is 4. The third-order valence-corrected chi connectivity index (χ3v) is 7.15. The fraction of sp³-hybridized carbons (Fsp3) is 0.688. The second-order valence-corrected chi connectivity index (χ2v) is 8.93. The Balaban J connectivity index is 1.79. The minimum Gasteiger partial charge on any atom is -0.353 e. The van der Waals surface area contributed by atoms with Gasteiger partial charge in [0.05, 0.1) is 5.92 Å². The number of hydrogen-bond donors (Lipinski definition) is 3. The zero-order valence-electron chi connectivity index (χ0n) is 14.7. The lowest BCUT2D eigenvalue weighted by Crippen LogP contribution is -2.48. The topological polar surface area (TPSA) is 132 Å². The molecule has 1 saturated heterocycles. The van der Waals surface area contributed by atoms with Gasteiger partial charge in [0.2, 0.25) is 15.9 Å². The number of nitrogens with zero attached hydrogens (tertiary/aromatic N) is 1. The number of H-pyrrole nitrogens is 2. The molecule has 0 bridgehead atoms. The van der Waals surface area contributed by atoms with Crippen molar-refractivity contribution in [1.82, 2.24) is 19.6 Å². The van der Waals surface area contributed by atoms with Gasteiger partial charge in [-0.15, -0.1) is 0 Å². The standard InChI is InChI=1S/C16H24N4O5S/c1-10-13(15(22)19-16(23)17-10)26(24,25)20-8-4-5-11(9-20)14(21)18-12-6-2-3-7-12/h11-12H,2-9H2,1H3,(H,18,21)(H2,17,19,22,23)/t11-/m0/s1. The third kappa shape index (κ3) is 3.75. The molecule has 3 rings (SSSR count). The van der Waals surface area contributed by atoms with Crippen LogP contribution in [0.15, 0.2) is 14.5 Å². The first-order valence-electron chi connectivity index (χ1n) is 8.93. The van der Waals surface area contributed by atoms with Crippen molar-refractivity contribution < 1.29 is 13.2 Å². The number of aromatic nitrogens is 2. The van der Waals surface area contributed by atoms with Crippen molar-refractivity contribution in [3.05, 3.63) is 26.5 Å². The van der Waals surface area contributed by atoms with Crippen LogP contribution in [0.4, 0.5) is 0 Å². The van der Waals surface area contributed by atoms with E-state index < -0.39 is 32.1 Å². The number of hydrogen-bond acceptors (Lipinski definition) is 5. The number of piperidine rings is 1. The Labute approximate surface area is 151 Å². The van der Waals surface area contributed by atoms with Crippen molar-refractivity contribution in [3.63, 3.8) is 0 Å². The van der Waals surface area contributed by atoms with Crippen LogP contribution in [0.3, 0.4) is 0 Å². The molecule has 9 nitrogen and oxygen atoms in total. The van der Waals surface area contributed by atoms with E-state index in [1.54, 1.807) is 0 Å². The SMILES string of the molecule is Cc1[nH]c(=O)[nH]c(=O)c1S(=O)(=O)N1CCC[C@H](C(=O)NC2CCCC2)C1. The fourth-order valence-corrected chi connectivity index (χ4v) is 5.52. The zero-order valence-corrected chi connectivity index (χ0v) is 15.5. The molecule has 1 aromatic heterocycles. The largest absolute Gasteiger partial charge is 0.353 e. The van der Waals surface area contributed by atoms with Crippen molar-refractivity contribution in [1.29, 1.82) is 0 Å². The molecule has 3 N–H and O–H groups in total. The van der Waals surface area contributed by atoms with Crippen molar-refractivity contribution in [2.24, 2.45) is 5.92 Å². The quantitative estimate of drug-likeness (QED) is 0.663. The van der Waals surface area contributed by atoms with Crippen LogP contribution in [0.1, 0.15) is 44.2 Å². The van der Waals surface area contributed by atoms with Gasteiger partial charge >= 0.3 is 5.69 Å². The maximum atomic E-state index is 12.9. The van der Waals surface area contributed by atoms with Gasteiger partial charge in [-0.3, -0.25) is 14.6 Å². The van der Waals surface area contributed by atoms with E-state index in [0.29, 0.717) is 12.8 Å². The number of carbonyl (C=O) groups excluding carboxylic acids is 1. The Morgan fingerprint density at radius 1 is 1.12 bits per heavy atom. The summed E-state index contributed by atoms with van der Waals surface area (Å²) in [7, 11) is -4.09. The summed E-state index contributed by atoms with van der Waals surface area (Å²) in [4.78, 5) is 39.6. The maximum Gasteiger partial charge on any atom is 0.325 e. The Kier molecular flexibility index (Phi) is 5.33. The number of aryl methyl sites for hydroxylation is 1. The van der Waals surface area contributed by atoms with Crippen molar-refractivity contribution >= 4 is 15.9 Å². The van der Waals surface area contributed by atoms with Crippen LogP contribution in [-0.4, -0.2) is 47.7 Å². The Hall–Kier alpha value is -1.94. The summed E-state index contributed by atoms with van der Waals surface area (Å²) in [6.07, 6.45) is 5.29. The van der Waals surface area contributed by atoms with Crippen LogP contribution >= 0.6 is 0 Å². The molecule has 0 radical (unpaired) electrons. The highest BCUT2D eigenvalue weighted by Crippen LogP contribution is 2.24. The van der Waals surface area contributed by atoms with Gasteiger partial charge in [0.15, 0.2) is 4.90 Å². The molecule has 0 aromatic carbocycles. The van der Waals surface area contributed by atoms with Gasteiger partial charge in [-0.2, -0.15) is 4.31 Å². The first kappa shape index (κ1) is 18.8. The maximum absolute atomic E-state index is 12.9. The average Bonchev–Trinajstić information content (AvgIpc) is 3.06. The summed E-state index contributed by atoms with van der Waals surface area (Å²) in [6, 6.07) is 0.179. The molecular formula is C16H24N4O5S. The lowest BCUT2D eigenvalue weighted by molar-refractivity contribution is -0.126. The second-order valence-electron chi connectivity index (χ2n) is 7.05. The lowest BCUT2D eigenvalue weighted by atomic mass is 9.98. The van der Waals surface area contributed by atoms with Gasteiger partial charge in [-0.25, -0.2) is 13.2 Å². The molecule has 1 aliphatic heterocycles. The van der Waals surface area contributed by atoms with Gasteiger partial charge < -0.3 is 10.3 Å². The molecular weight excluding hydrogens is 360 g/mol. The molecule has 2 heterocycles. The summed E-state index contributed by atoms with van der Waals surface area (Å²) in [6.45, 7) is 1.66. The van der Waals surface area contributed by atoms with E-state index >= 15 is 0 Å². The monoisotopic (exact) mass is 384 g/mol. The van der Waals surface area contributed by atoms with Crippen LogP contribution in [0, 0.1) is 12.8 Å². The molecule has 144 valence electrons. The van der Waals surface area contributed by atoms with E-state index in [9.17, 15) is 22.8 Å². The number of amides is 1. The molecule has 2 fully saturated rings. The molecule has 10 heteroatoms. The fourth-order valence-electron chi connectivity index (χ4n) is 3.79. The first-order valence-corrected chi connectivity index (χ1v) is 10.4. The molecule has 1 aliphatic carbocycles. The number of nitrogens with one attached hydrogen (secondary N) is 3. The van der Waals surface area contributed by atoms with Crippen molar-refractivity contribution in [3.8, 4) is 0 Å². The molecule has 1 aromatic rings. The zero-order chi connectivity index (χ0) is 18.9. The predicted molar refractivity (Wildman–Crippen MR) is 94.3 cm³/mol. The minimum atomic E-state index is -4.09. The predicted octanol–water partition coefficient (Wildman–Crippen LogP) is -0.169. The van der Waals surface area contributed by atoms with Gasteiger partial charge in [0, 0.05) is 24.8 Å². The van der Waals surface area contributed by atoms with E-state index in [1.807, 2.05) is 4.98 Å².